The van der Waals surface area contributed by atoms with Gasteiger partial charge in [-0.05, 0) is 24.6 Å². The molecule has 0 saturated heterocycles. The van der Waals surface area contributed by atoms with E-state index < -0.39 is 5.82 Å². The molecule has 0 spiro atoms. The highest BCUT2D eigenvalue weighted by Gasteiger charge is 2.15. The number of nitrogens with zero attached hydrogens (tertiary/aromatic N) is 2. The Morgan fingerprint density at radius 1 is 1.24 bits per heavy atom. The Morgan fingerprint density at radius 3 is 2.72 bits per heavy atom. The molecule has 0 saturated carbocycles. The maximum absolute atomic E-state index is 14.2. The van der Waals surface area contributed by atoms with Gasteiger partial charge in [0.25, 0.3) is 0 Å². The number of methoxy groups -OCH3 is 1. The number of aromatic nitrogens is 1. The lowest BCUT2D eigenvalue weighted by atomic mass is 10.1. The number of phenols is 1. The second kappa shape index (κ2) is 9.03. The first kappa shape index (κ1) is 20.8. The lowest BCUT2D eigenvalue weighted by molar-refractivity contribution is 0.295. The standard InChI is InChI=1S/C20H16Cl2FN3O3/c1-28-18-6-11-5-12(10-24)20(25-15(11)9-19(18)29-4-2-3-21)26-16-8-17(27)13(22)7-14(16)23/h5-9,27H,2-4H2,1H3,(H,25,26). The van der Waals surface area contributed by atoms with Gasteiger partial charge in [-0.3, -0.25) is 0 Å². The molecule has 2 aromatic carbocycles. The molecule has 0 amide bonds. The van der Waals surface area contributed by atoms with Crippen molar-refractivity contribution in [1.29, 1.82) is 5.26 Å². The molecule has 0 fully saturated rings. The van der Waals surface area contributed by atoms with E-state index in [1.807, 2.05) is 6.07 Å². The predicted octanol–water partition coefficient (Wildman–Crippen LogP) is 5.36. The molecule has 0 aliphatic carbocycles. The number of aromatic hydroxyl groups is 1. The van der Waals surface area contributed by atoms with E-state index in [0.717, 1.165) is 12.1 Å². The van der Waals surface area contributed by atoms with Crippen molar-refractivity contribution in [3.8, 4) is 23.3 Å². The van der Waals surface area contributed by atoms with Gasteiger partial charge in [-0.2, -0.15) is 5.26 Å². The average molecular weight is 436 g/mol. The number of halogens is 3. The maximum atomic E-state index is 14.2. The number of rotatable bonds is 7. The van der Waals surface area contributed by atoms with Crippen LogP contribution in [0, 0.1) is 17.1 Å². The number of nitriles is 1. The fraction of sp³-hybridized carbons (Fsp3) is 0.200. The minimum absolute atomic E-state index is 0.0673. The third-order valence-corrected chi connectivity index (χ3v) is 4.62. The zero-order valence-corrected chi connectivity index (χ0v) is 16.8. The SMILES string of the molecule is COc1cc2cc(C#N)c(Nc3cc(O)c(Cl)cc3F)nc2cc1OCCCCl. The Bertz CT molecular complexity index is 1100. The van der Waals surface area contributed by atoms with E-state index >= 15 is 0 Å². The van der Waals surface area contributed by atoms with Crippen molar-refractivity contribution in [2.45, 2.75) is 6.42 Å². The minimum atomic E-state index is -0.696. The third-order valence-electron chi connectivity index (χ3n) is 4.05. The van der Waals surface area contributed by atoms with E-state index in [-0.39, 0.29) is 27.8 Å². The van der Waals surface area contributed by atoms with Crippen LogP contribution in [0.5, 0.6) is 17.2 Å². The maximum Gasteiger partial charge on any atom is 0.163 e. The zero-order chi connectivity index (χ0) is 21.0. The molecular formula is C20H16Cl2FN3O3. The van der Waals surface area contributed by atoms with E-state index in [1.165, 1.54) is 7.11 Å². The second-order valence-corrected chi connectivity index (χ2v) is 6.78. The summed E-state index contributed by atoms with van der Waals surface area (Å²) < 4.78 is 25.2. The average Bonchev–Trinajstić information content (AvgIpc) is 2.71. The number of hydrogen-bond acceptors (Lipinski definition) is 6. The van der Waals surface area contributed by atoms with Crippen LogP contribution in [0.4, 0.5) is 15.9 Å². The number of ether oxygens (including phenoxy) is 2. The summed E-state index contributed by atoms with van der Waals surface area (Å²) in [6.07, 6.45) is 0.662. The van der Waals surface area contributed by atoms with Crippen molar-refractivity contribution in [2.24, 2.45) is 0 Å². The number of fused-ring (bicyclic) bond motifs is 1. The van der Waals surface area contributed by atoms with Crippen LogP contribution < -0.4 is 14.8 Å². The van der Waals surface area contributed by atoms with Crippen LogP contribution in [0.25, 0.3) is 10.9 Å². The van der Waals surface area contributed by atoms with Crippen LogP contribution >= 0.6 is 23.2 Å². The molecule has 3 rings (SSSR count). The Hall–Kier alpha value is -2.95. The van der Waals surface area contributed by atoms with Crippen LogP contribution in [-0.4, -0.2) is 29.7 Å². The lowest BCUT2D eigenvalue weighted by Gasteiger charge is -2.14. The Balaban J connectivity index is 2.05. The first-order valence-electron chi connectivity index (χ1n) is 8.53. The normalized spacial score (nSPS) is 10.6. The molecule has 0 unspecified atom stereocenters. The molecule has 9 heteroatoms. The minimum Gasteiger partial charge on any atom is -0.506 e. The van der Waals surface area contributed by atoms with Crippen molar-refractivity contribution in [3.63, 3.8) is 0 Å². The van der Waals surface area contributed by atoms with Crippen molar-refractivity contribution in [3.05, 3.63) is 46.7 Å². The van der Waals surface area contributed by atoms with Gasteiger partial charge in [0.15, 0.2) is 11.5 Å². The molecule has 29 heavy (non-hydrogen) atoms. The Kier molecular flexibility index (Phi) is 6.47. The van der Waals surface area contributed by atoms with Crippen LogP contribution in [0.1, 0.15) is 12.0 Å². The fourth-order valence-electron chi connectivity index (χ4n) is 2.63. The fourth-order valence-corrected chi connectivity index (χ4v) is 2.89. The highest BCUT2D eigenvalue weighted by Crippen LogP contribution is 2.35. The third kappa shape index (κ3) is 4.56. The molecule has 0 aliphatic heterocycles. The van der Waals surface area contributed by atoms with Crippen LogP contribution in [0.3, 0.4) is 0 Å². The van der Waals surface area contributed by atoms with Crippen molar-refractivity contribution in [2.75, 3.05) is 24.9 Å². The summed E-state index contributed by atoms with van der Waals surface area (Å²) in [5, 5.41) is 22.5. The van der Waals surface area contributed by atoms with Crippen molar-refractivity contribution >= 4 is 45.6 Å². The second-order valence-electron chi connectivity index (χ2n) is 5.99. The van der Waals surface area contributed by atoms with E-state index in [1.54, 1.807) is 18.2 Å². The summed E-state index contributed by atoms with van der Waals surface area (Å²) in [5.74, 6) is 0.564. The van der Waals surface area contributed by atoms with Crippen LogP contribution in [0.2, 0.25) is 5.02 Å². The van der Waals surface area contributed by atoms with Gasteiger partial charge in [-0.25, -0.2) is 9.37 Å². The first-order valence-corrected chi connectivity index (χ1v) is 9.44. The van der Waals surface area contributed by atoms with E-state index in [4.69, 9.17) is 32.7 Å². The topological polar surface area (TPSA) is 87.4 Å². The summed E-state index contributed by atoms with van der Waals surface area (Å²) in [6, 6.07) is 9.10. The van der Waals surface area contributed by atoms with Crippen LogP contribution in [-0.2, 0) is 0 Å². The molecule has 150 valence electrons. The van der Waals surface area contributed by atoms with Gasteiger partial charge in [-0.15, -0.1) is 11.6 Å². The van der Waals surface area contributed by atoms with Gasteiger partial charge in [-0.1, -0.05) is 11.6 Å². The summed E-state index contributed by atoms with van der Waals surface area (Å²) in [7, 11) is 1.51. The van der Waals surface area contributed by atoms with Gasteiger partial charge in [0.05, 0.1) is 35.5 Å². The molecule has 1 heterocycles. The summed E-state index contributed by atoms with van der Waals surface area (Å²) in [6.45, 7) is 0.405. The molecular weight excluding hydrogens is 420 g/mol. The first-order chi connectivity index (χ1) is 14.0. The number of phenolic OH excluding ortho intramolecular Hbond substituents is 1. The van der Waals surface area contributed by atoms with E-state index in [2.05, 4.69) is 10.3 Å². The number of pyridine rings is 1. The highest BCUT2D eigenvalue weighted by atomic mass is 35.5. The quantitative estimate of drug-likeness (QED) is 0.383. The predicted molar refractivity (Wildman–Crippen MR) is 110 cm³/mol. The van der Waals surface area contributed by atoms with Gasteiger partial charge in [0.1, 0.15) is 23.5 Å². The summed E-state index contributed by atoms with van der Waals surface area (Å²) >= 11 is 11.4. The van der Waals surface area contributed by atoms with Crippen molar-refractivity contribution in [1.82, 2.24) is 4.98 Å². The summed E-state index contributed by atoms with van der Waals surface area (Å²) in [5.41, 5.74) is 0.623. The molecule has 0 aliphatic rings. The van der Waals surface area contributed by atoms with Gasteiger partial charge in [0, 0.05) is 23.4 Å². The van der Waals surface area contributed by atoms with Gasteiger partial charge in [0.2, 0.25) is 0 Å². The molecule has 3 aromatic rings. The monoisotopic (exact) mass is 435 g/mol. The zero-order valence-electron chi connectivity index (χ0n) is 15.3. The number of nitrogens with one attached hydrogen (secondary N) is 1. The number of benzene rings is 2. The number of hydrogen-bond donors (Lipinski definition) is 2. The lowest BCUT2D eigenvalue weighted by Crippen LogP contribution is -2.02. The Morgan fingerprint density at radius 2 is 2.03 bits per heavy atom. The molecule has 0 bridgehead atoms. The van der Waals surface area contributed by atoms with Crippen LogP contribution in [0.15, 0.2) is 30.3 Å². The van der Waals surface area contributed by atoms with Gasteiger partial charge >= 0.3 is 0 Å². The van der Waals surface area contributed by atoms with E-state index in [9.17, 15) is 14.8 Å². The largest absolute Gasteiger partial charge is 0.506 e. The van der Waals surface area contributed by atoms with Gasteiger partial charge < -0.3 is 19.9 Å². The van der Waals surface area contributed by atoms with Crippen molar-refractivity contribution < 1.29 is 19.0 Å². The van der Waals surface area contributed by atoms with E-state index in [0.29, 0.717) is 41.3 Å². The molecule has 2 N–H and O–H groups in total. The molecule has 1 aromatic heterocycles. The molecule has 0 atom stereocenters. The smallest absolute Gasteiger partial charge is 0.163 e. The molecule has 0 radical (unpaired) electrons. The molecule has 6 nitrogen and oxygen atoms in total. The number of anilines is 2. The Labute approximate surface area is 176 Å². The number of alkyl halides is 1. The summed E-state index contributed by atoms with van der Waals surface area (Å²) in [4.78, 5) is 4.42. The highest BCUT2D eigenvalue weighted by molar-refractivity contribution is 6.32.